The zero-order valence-electron chi connectivity index (χ0n) is 20.0. The van der Waals surface area contributed by atoms with E-state index >= 15 is 0 Å². The van der Waals surface area contributed by atoms with Crippen LogP contribution in [0.1, 0.15) is 11.7 Å². The van der Waals surface area contributed by atoms with Gasteiger partial charge in [0, 0.05) is 33.1 Å². The number of hydrogen-bond acceptors (Lipinski definition) is 8. The maximum absolute atomic E-state index is 11.3. The van der Waals surface area contributed by atoms with Crippen molar-refractivity contribution in [3.05, 3.63) is 122 Å². The van der Waals surface area contributed by atoms with Crippen LogP contribution in [0.25, 0.3) is 11.3 Å². The Morgan fingerprint density at radius 3 is 2.59 bits per heavy atom. The lowest BCUT2D eigenvalue weighted by Crippen LogP contribution is -2.36. The first-order chi connectivity index (χ1) is 19.0. The molecule has 0 amide bonds. The Balaban J connectivity index is 1.42. The van der Waals surface area contributed by atoms with Gasteiger partial charge in [-0.15, -0.1) is 0 Å². The van der Waals surface area contributed by atoms with E-state index in [1.165, 1.54) is 35.7 Å². The smallest absolute Gasteiger partial charge is 0.270 e. The Morgan fingerprint density at radius 2 is 1.79 bits per heavy atom. The molecular weight excluding hydrogens is 530 g/mol. The summed E-state index contributed by atoms with van der Waals surface area (Å²) in [7, 11) is 0. The summed E-state index contributed by atoms with van der Waals surface area (Å²) in [6, 6.07) is 28.0. The molecule has 4 heterocycles. The first-order valence-corrected chi connectivity index (χ1v) is 13.6. The predicted molar refractivity (Wildman–Crippen MR) is 152 cm³/mol. The molecule has 8 nitrogen and oxygen atoms in total. The van der Waals surface area contributed by atoms with Crippen LogP contribution >= 0.6 is 23.5 Å². The largest absolute Gasteiger partial charge is 0.460 e. The van der Waals surface area contributed by atoms with Crippen molar-refractivity contribution in [2.24, 2.45) is 0 Å². The lowest BCUT2D eigenvalue weighted by molar-refractivity contribution is -0.384. The highest BCUT2D eigenvalue weighted by atomic mass is 32.2. The molecule has 2 N–H and O–H groups in total. The van der Waals surface area contributed by atoms with E-state index in [0.717, 1.165) is 26.2 Å². The number of nitrogens with zero attached hydrogens (tertiary/aromatic N) is 3. The summed E-state index contributed by atoms with van der Waals surface area (Å²) in [6.07, 6.45) is 0. The number of nitro groups is 1. The molecule has 3 aromatic carbocycles. The van der Waals surface area contributed by atoms with Crippen LogP contribution in [-0.2, 0) is 0 Å². The molecule has 0 saturated carbocycles. The van der Waals surface area contributed by atoms with Crippen molar-refractivity contribution in [1.29, 1.82) is 10.7 Å². The standard InChI is InChI=1S/C29H17N5O3S2/c30-15-18-25(22-13-12-21(37-22)16-6-5-7-17(14-16)34(35)36)26(28-32-19-8-1-3-10-23(19)38-28)27(31)33-20-9-2-4-11-24(20)39-29(18)33/h1-14,25,31-32H/b28-26+,31-27?. The molecule has 0 radical (unpaired) electrons. The van der Waals surface area contributed by atoms with Crippen LogP contribution in [-0.4, -0.2) is 10.8 Å². The number of nitro benzene ring substituents is 1. The number of benzene rings is 3. The number of rotatable bonds is 3. The second kappa shape index (κ2) is 8.94. The highest BCUT2D eigenvalue weighted by Gasteiger charge is 2.45. The van der Waals surface area contributed by atoms with Crippen LogP contribution in [0.15, 0.2) is 120 Å². The molecule has 0 spiro atoms. The number of fused-ring (bicyclic) bond motifs is 4. The van der Waals surface area contributed by atoms with E-state index in [9.17, 15) is 20.8 Å². The van der Waals surface area contributed by atoms with Gasteiger partial charge >= 0.3 is 0 Å². The first kappa shape index (κ1) is 23.4. The van der Waals surface area contributed by atoms with Crippen LogP contribution in [0.4, 0.5) is 17.1 Å². The Morgan fingerprint density at radius 1 is 1.00 bits per heavy atom. The van der Waals surface area contributed by atoms with Gasteiger partial charge in [-0.05, 0) is 36.4 Å². The van der Waals surface area contributed by atoms with E-state index in [1.807, 2.05) is 53.4 Å². The van der Waals surface area contributed by atoms with Gasteiger partial charge < -0.3 is 9.73 Å². The minimum Gasteiger partial charge on any atom is -0.460 e. The number of furan rings is 1. The summed E-state index contributed by atoms with van der Waals surface area (Å²) in [4.78, 5) is 14.7. The van der Waals surface area contributed by atoms with Crippen molar-refractivity contribution in [2.45, 2.75) is 15.7 Å². The van der Waals surface area contributed by atoms with E-state index in [1.54, 1.807) is 24.3 Å². The molecule has 0 fully saturated rings. The molecule has 7 rings (SSSR count). The molecule has 4 aromatic rings. The number of thioether (sulfide) groups is 2. The van der Waals surface area contributed by atoms with E-state index in [4.69, 9.17) is 4.42 Å². The molecular formula is C29H17N5O3S2. The lowest BCUT2D eigenvalue weighted by atomic mass is 9.86. The third-order valence-corrected chi connectivity index (χ3v) is 9.03. The first-order valence-electron chi connectivity index (χ1n) is 12.0. The zero-order chi connectivity index (χ0) is 26.7. The fourth-order valence-corrected chi connectivity index (χ4v) is 7.27. The van der Waals surface area contributed by atoms with Crippen molar-refractivity contribution >= 4 is 46.4 Å². The van der Waals surface area contributed by atoms with Gasteiger partial charge in [0.2, 0.25) is 0 Å². The minimum absolute atomic E-state index is 0.0346. The fraction of sp³-hybridized carbons (Fsp3) is 0.0345. The topological polar surface area (TPSA) is 119 Å². The van der Waals surface area contributed by atoms with E-state index in [2.05, 4.69) is 11.4 Å². The van der Waals surface area contributed by atoms with Crippen molar-refractivity contribution in [2.75, 3.05) is 10.2 Å². The number of allylic oxidation sites excluding steroid dienone is 1. The summed E-state index contributed by atoms with van der Waals surface area (Å²) < 4.78 is 6.31. The van der Waals surface area contributed by atoms with Gasteiger partial charge in [0.25, 0.3) is 5.69 Å². The number of non-ortho nitro benzene ring substituents is 1. The van der Waals surface area contributed by atoms with Crippen molar-refractivity contribution in [3.63, 3.8) is 0 Å². The summed E-state index contributed by atoms with van der Waals surface area (Å²) in [5, 5.41) is 36.2. The Hall–Kier alpha value is -4.72. The molecule has 10 heteroatoms. The van der Waals surface area contributed by atoms with Crippen LogP contribution in [0.5, 0.6) is 0 Å². The molecule has 1 aromatic heterocycles. The van der Waals surface area contributed by atoms with Gasteiger partial charge in [0.15, 0.2) is 0 Å². The molecule has 3 aliphatic heterocycles. The van der Waals surface area contributed by atoms with Crippen molar-refractivity contribution in [1.82, 2.24) is 0 Å². The van der Waals surface area contributed by atoms with Gasteiger partial charge in [-0.25, -0.2) is 0 Å². The third kappa shape index (κ3) is 3.66. The highest BCUT2D eigenvalue weighted by molar-refractivity contribution is 8.04. The second-order valence-corrected chi connectivity index (χ2v) is 11.1. The number of nitrogens with one attached hydrogen (secondary N) is 2. The molecule has 0 aliphatic carbocycles. The average molecular weight is 548 g/mol. The van der Waals surface area contributed by atoms with Crippen LogP contribution in [0.2, 0.25) is 0 Å². The number of para-hydroxylation sites is 2. The number of anilines is 2. The van der Waals surface area contributed by atoms with Crippen LogP contribution in [0.3, 0.4) is 0 Å². The normalized spacial score (nSPS) is 19.3. The molecule has 1 atom stereocenters. The number of hydrogen-bond donors (Lipinski definition) is 2. The Kier molecular flexibility index (Phi) is 5.36. The molecule has 188 valence electrons. The van der Waals surface area contributed by atoms with Crippen molar-refractivity contribution in [3.8, 4) is 17.4 Å². The molecule has 0 bridgehead atoms. The maximum atomic E-state index is 11.3. The third-order valence-electron chi connectivity index (χ3n) is 6.77. The van der Waals surface area contributed by atoms with Gasteiger partial charge in [0.05, 0.1) is 38.9 Å². The van der Waals surface area contributed by atoms with E-state index in [-0.39, 0.29) is 11.5 Å². The Bertz CT molecular complexity index is 1810. The molecule has 3 aliphatic rings. The molecule has 1 unspecified atom stereocenters. The quantitative estimate of drug-likeness (QED) is 0.198. The maximum Gasteiger partial charge on any atom is 0.270 e. The second-order valence-electron chi connectivity index (χ2n) is 8.99. The summed E-state index contributed by atoms with van der Waals surface area (Å²) in [5.74, 6) is 0.559. The molecule has 39 heavy (non-hydrogen) atoms. The number of nitriles is 1. The summed E-state index contributed by atoms with van der Waals surface area (Å²) >= 11 is 3.00. The van der Waals surface area contributed by atoms with Crippen LogP contribution < -0.4 is 10.2 Å². The Labute approximate surface area is 231 Å². The SMILES string of the molecule is N#CC1=C2Sc3ccccc3N2C(=N)/C(=C2\Nc3ccccc3S2)C1c1ccc(-c2cccc([N+](=O)[O-])c2)o1. The monoisotopic (exact) mass is 547 g/mol. The summed E-state index contributed by atoms with van der Waals surface area (Å²) in [6.45, 7) is 0. The summed E-state index contributed by atoms with van der Waals surface area (Å²) in [5.41, 5.74) is 3.45. The highest BCUT2D eigenvalue weighted by Crippen LogP contribution is 2.56. The minimum atomic E-state index is -0.646. The predicted octanol–water partition coefficient (Wildman–Crippen LogP) is 7.71. The van der Waals surface area contributed by atoms with Gasteiger partial charge in [-0.3, -0.25) is 20.4 Å². The van der Waals surface area contributed by atoms with Crippen LogP contribution in [0, 0.1) is 26.9 Å². The lowest BCUT2D eigenvalue weighted by Gasteiger charge is -2.33. The average Bonchev–Trinajstić information content (AvgIpc) is 3.69. The molecule has 0 saturated heterocycles. The van der Waals surface area contributed by atoms with E-state index < -0.39 is 10.8 Å². The number of amidine groups is 1. The fourth-order valence-electron chi connectivity index (χ4n) is 5.02. The zero-order valence-corrected chi connectivity index (χ0v) is 21.7. The van der Waals surface area contributed by atoms with E-state index in [0.29, 0.717) is 33.3 Å². The van der Waals surface area contributed by atoms with Gasteiger partial charge in [-0.1, -0.05) is 59.9 Å². The van der Waals surface area contributed by atoms with Crippen molar-refractivity contribution < 1.29 is 9.34 Å². The van der Waals surface area contributed by atoms with Gasteiger partial charge in [0.1, 0.15) is 22.4 Å². The van der Waals surface area contributed by atoms with Gasteiger partial charge in [-0.2, -0.15) is 5.26 Å².